The number of amides is 1. The number of nitrogens with zero attached hydrogens (tertiary/aromatic N) is 3. The number of carbonyl (C=O) groups excluding carboxylic acids is 1. The zero-order valence-electron chi connectivity index (χ0n) is 20.7. The monoisotopic (exact) mass is 461 g/mol. The average molecular weight is 462 g/mol. The molecule has 1 fully saturated rings. The molecule has 0 N–H and O–H groups in total. The second-order valence-electron chi connectivity index (χ2n) is 9.45. The highest BCUT2D eigenvalue weighted by Gasteiger charge is 2.32. The normalized spacial score (nSPS) is 15.1. The van der Waals surface area contributed by atoms with E-state index >= 15 is 0 Å². The van der Waals surface area contributed by atoms with Crippen molar-refractivity contribution in [3.8, 4) is 5.69 Å². The highest BCUT2D eigenvalue weighted by molar-refractivity contribution is 5.80. The molecule has 0 aliphatic heterocycles. The van der Waals surface area contributed by atoms with Crippen LogP contribution in [0.1, 0.15) is 62.0 Å². The van der Waals surface area contributed by atoms with Gasteiger partial charge in [-0.15, -0.1) is 0 Å². The lowest BCUT2D eigenvalue weighted by Gasteiger charge is -2.32. The van der Waals surface area contributed by atoms with Crippen molar-refractivity contribution in [2.45, 2.75) is 58.9 Å². The zero-order valence-corrected chi connectivity index (χ0v) is 20.7. The first-order valence-corrected chi connectivity index (χ1v) is 12.3. The van der Waals surface area contributed by atoms with Crippen LogP contribution in [-0.4, -0.2) is 40.6 Å². The number of hydrogen-bond acceptors (Lipinski definition) is 4. The zero-order chi connectivity index (χ0) is 24.2. The van der Waals surface area contributed by atoms with Gasteiger partial charge in [0.2, 0.25) is 5.91 Å². The number of ether oxygens (including phenoxy) is 1. The van der Waals surface area contributed by atoms with Crippen LogP contribution >= 0.6 is 0 Å². The van der Waals surface area contributed by atoms with Gasteiger partial charge in [-0.3, -0.25) is 14.2 Å². The Hall–Kier alpha value is -2.99. The smallest absolute Gasteiger partial charge is 0.266 e. The molecule has 1 unspecified atom stereocenters. The molecule has 1 atom stereocenters. The topological polar surface area (TPSA) is 64.4 Å². The second kappa shape index (κ2) is 10.5. The van der Waals surface area contributed by atoms with Crippen molar-refractivity contribution < 1.29 is 9.53 Å². The maximum atomic E-state index is 13.8. The second-order valence-corrected chi connectivity index (χ2v) is 9.45. The minimum atomic E-state index is -0.358. The molecular weight excluding hydrogens is 426 g/mol. The molecular formula is C28H35N3O3. The van der Waals surface area contributed by atoms with E-state index in [2.05, 4.69) is 6.07 Å². The molecule has 6 heteroatoms. The van der Waals surface area contributed by atoms with Gasteiger partial charge in [0, 0.05) is 26.2 Å². The van der Waals surface area contributed by atoms with E-state index in [-0.39, 0.29) is 23.4 Å². The van der Waals surface area contributed by atoms with Crippen molar-refractivity contribution in [3.05, 3.63) is 69.8 Å². The van der Waals surface area contributed by atoms with Crippen molar-refractivity contribution >= 4 is 16.8 Å². The predicted molar refractivity (Wildman–Crippen MR) is 135 cm³/mol. The molecule has 0 bridgehead atoms. The summed E-state index contributed by atoms with van der Waals surface area (Å²) in [5.41, 5.74) is 3.49. The molecule has 2 aromatic carbocycles. The largest absolute Gasteiger partial charge is 0.385 e. The van der Waals surface area contributed by atoms with Crippen LogP contribution in [0.3, 0.4) is 0 Å². The Morgan fingerprint density at radius 1 is 1.18 bits per heavy atom. The Bertz CT molecular complexity index is 1230. The number of aryl methyl sites for hydroxylation is 2. The van der Waals surface area contributed by atoms with Crippen LogP contribution in [0, 0.1) is 19.8 Å². The Morgan fingerprint density at radius 3 is 2.62 bits per heavy atom. The lowest BCUT2D eigenvalue weighted by Crippen LogP contribution is -2.41. The van der Waals surface area contributed by atoms with E-state index in [9.17, 15) is 9.59 Å². The summed E-state index contributed by atoms with van der Waals surface area (Å²) in [6.07, 6.45) is 4.79. The van der Waals surface area contributed by atoms with Gasteiger partial charge in [-0.05, 0) is 63.8 Å². The third-order valence-electron chi connectivity index (χ3n) is 6.97. The van der Waals surface area contributed by atoms with Gasteiger partial charge in [-0.25, -0.2) is 4.98 Å². The van der Waals surface area contributed by atoms with Crippen LogP contribution in [-0.2, 0) is 9.53 Å². The van der Waals surface area contributed by atoms with Crippen LogP contribution in [0.4, 0.5) is 0 Å². The summed E-state index contributed by atoms with van der Waals surface area (Å²) < 4.78 is 6.99. The van der Waals surface area contributed by atoms with Crippen molar-refractivity contribution in [3.63, 3.8) is 0 Å². The summed E-state index contributed by atoms with van der Waals surface area (Å²) in [7, 11) is 1.68. The molecule has 4 rings (SSSR count). The van der Waals surface area contributed by atoms with E-state index in [0.717, 1.165) is 48.9 Å². The van der Waals surface area contributed by atoms with Crippen LogP contribution in [0.25, 0.3) is 16.6 Å². The number of carbonyl (C=O) groups is 1. The molecule has 1 aliphatic rings. The molecule has 3 aromatic rings. The van der Waals surface area contributed by atoms with E-state index in [1.807, 2.05) is 62.1 Å². The Kier molecular flexibility index (Phi) is 7.47. The van der Waals surface area contributed by atoms with E-state index in [0.29, 0.717) is 29.9 Å². The van der Waals surface area contributed by atoms with Crippen LogP contribution < -0.4 is 5.56 Å². The summed E-state index contributed by atoms with van der Waals surface area (Å²) in [5, 5.41) is 0.575. The molecule has 1 aliphatic carbocycles. The molecule has 6 nitrogen and oxygen atoms in total. The third-order valence-corrected chi connectivity index (χ3v) is 6.97. The van der Waals surface area contributed by atoms with Gasteiger partial charge in [0.25, 0.3) is 5.56 Å². The number of para-hydroxylation sites is 1. The summed E-state index contributed by atoms with van der Waals surface area (Å²) in [6, 6.07) is 13.2. The van der Waals surface area contributed by atoms with E-state index in [1.165, 1.54) is 0 Å². The van der Waals surface area contributed by atoms with Crippen LogP contribution in [0.2, 0.25) is 0 Å². The quantitative estimate of drug-likeness (QED) is 0.437. The number of fused-ring (bicyclic) bond motifs is 1. The first-order chi connectivity index (χ1) is 16.4. The molecule has 34 heavy (non-hydrogen) atoms. The summed E-state index contributed by atoms with van der Waals surface area (Å²) in [6.45, 7) is 7.20. The number of hydrogen-bond donors (Lipinski definition) is 0. The molecule has 1 amide bonds. The van der Waals surface area contributed by atoms with Gasteiger partial charge >= 0.3 is 0 Å². The van der Waals surface area contributed by atoms with Gasteiger partial charge in [-0.2, -0.15) is 0 Å². The molecule has 180 valence electrons. The summed E-state index contributed by atoms with van der Waals surface area (Å²) >= 11 is 0. The Balaban J connectivity index is 1.87. The van der Waals surface area contributed by atoms with E-state index in [4.69, 9.17) is 9.72 Å². The highest BCUT2D eigenvalue weighted by Crippen LogP contribution is 2.31. The first-order valence-electron chi connectivity index (χ1n) is 12.3. The lowest BCUT2D eigenvalue weighted by atomic mass is 10.0. The SMILES string of the molecule is COCCCN(C(=O)C1CCCC1)C(C)c1nc2ccccc2c(=O)n1-c1ccc(C)cc1C. The van der Waals surface area contributed by atoms with Crippen molar-refractivity contribution in [1.29, 1.82) is 0 Å². The fourth-order valence-electron chi connectivity index (χ4n) is 5.14. The maximum absolute atomic E-state index is 13.8. The molecule has 0 spiro atoms. The lowest BCUT2D eigenvalue weighted by molar-refractivity contribution is -0.138. The van der Waals surface area contributed by atoms with Gasteiger partial charge in [0.15, 0.2) is 0 Å². The van der Waals surface area contributed by atoms with Gasteiger partial charge in [-0.1, -0.05) is 42.7 Å². The van der Waals surface area contributed by atoms with Crippen molar-refractivity contribution in [2.75, 3.05) is 20.3 Å². The number of benzene rings is 2. The molecule has 0 saturated heterocycles. The number of rotatable bonds is 8. The molecule has 1 aromatic heterocycles. The van der Waals surface area contributed by atoms with Gasteiger partial charge < -0.3 is 9.64 Å². The van der Waals surface area contributed by atoms with E-state index in [1.54, 1.807) is 11.7 Å². The van der Waals surface area contributed by atoms with Crippen molar-refractivity contribution in [1.82, 2.24) is 14.5 Å². The highest BCUT2D eigenvalue weighted by atomic mass is 16.5. The van der Waals surface area contributed by atoms with Crippen LogP contribution in [0.5, 0.6) is 0 Å². The number of aromatic nitrogens is 2. The van der Waals surface area contributed by atoms with Gasteiger partial charge in [0.05, 0.1) is 22.6 Å². The van der Waals surface area contributed by atoms with Gasteiger partial charge in [0.1, 0.15) is 5.82 Å². The standard InChI is InChI=1S/C28H35N3O3/c1-19-14-15-25(20(2)18-19)31-26(29-24-13-8-7-12-23(24)28(31)33)21(3)30(16-9-17-34-4)27(32)22-10-5-6-11-22/h7-8,12-15,18,21-22H,5-6,9-11,16-17H2,1-4H3. The summed E-state index contributed by atoms with van der Waals surface area (Å²) in [5.74, 6) is 0.807. The van der Waals surface area contributed by atoms with Crippen molar-refractivity contribution in [2.24, 2.45) is 5.92 Å². The average Bonchev–Trinajstić information content (AvgIpc) is 3.37. The predicted octanol–water partition coefficient (Wildman–Crippen LogP) is 5.12. The number of methoxy groups -OCH3 is 1. The van der Waals surface area contributed by atoms with Crippen LogP contribution in [0.15, 0.2) is 47.3 Å². The molecule has 1 saturated carbocycles. The first kappa shape index (κ1) is 24.1. The maximum Gasteiger partial charge on any atom is 0.266 e. The minimum absolute atomic E-state index is 0.0479. The Morgan fingerprint density at radius 2 is 1.91 bits per heavy atom. The molecule has 1 heterocycles. The Labute approximate surface area is 201 Å². The van der Waals surface area contributed by atoms with E-state index < -0.39 is 0 Å². The fourth-order valence-corrected chi connectivity index (χ4v) is 5.14. The third kappa shape index (κ3) is 4.78. The molecule has 0 radical (unpaired) electrons. The summed E-state index contributed by atoms with van der Waals surface area (Å²) in [4.78, 5) is 34.3. The minimum Gasteiger partial charge on any atom is -0.385 e. The fraction of sp³-hybridized carbons (Fsp3) is 0.464.